The van der Waals surface area contributed by atoms with Crippen molar-refractivity contribution in [2.24, 2.45) is 17.1 Å². The standard InChI is InChI=1S/C10H21N/c1-8-5-9(2,3)7-10(4,11)6-8/h8H,5-7,11H2,1-4H3/t8-,10+/m0/s1. The van der Waals surface area contributed by atoms with Gasteiger partial charge in [-0.2, -0.15) is 0 Å². The van der Waals surface area contributed by atoms with E-state index in [0.717, 1.165) is 5.92 Å². The zero-order valence-electron chi connectivity index (χ0n) is 8.28. The fourth-order valence-electron chi connectivity index (χ4n) is 3.05. The Hall–Kier alpha value is -0.0400. The van der Waals surface area contributed by atoms with E-state index in [4.69, 9.17) is 5.73 Å². The van der Waals surface area contributed by atoms with Gasteiger partial charge in [-0.25, -0.2) is 0 Å². The van der Waals surface area contributed by atoms with Crippen molar-refractivity contribution in [1.29, 1.82) is 0 Å². The monoisotopic (exact) mass is 155 g/mol. The fourth-order valence-corrected chi connectivity index (χ4v) is 3.05. The molecule has 0 aromatic heterocycles. The van der Waals surface area contributed by atoms with Crippen LogP contribution in [0.5, 0.6) is 0 Å². The lowest BCUT2D eigenvalue weighted by atomic mass is 9.65. The van der Waals surface area contributed by atoms with Crippen LogP contribution in [0.2, 0.25) is 0 Å². The van der Waals surface area contributed by atoms with Crippen LogP contribution in [0.3, 0.4) is 0 Å². The molecule has 0 unspecified atom stereocenters. The Balaban J connectivity index is 2.66. The predicted octanol–water partition coefficient (Wildman–Crippen LogP) is 2.55. The van der Waals surface area contributed by atoms with Crippen LogP contribution in [0.25, 0.3) is 0 Å². The van der Waals surface area contributed by atoms with E-state index in [0.29, 0.717) is 5.41 Å². The van der Waals surface area contributed by atoms with Gasteiger partial charge in [0, 0.05) is 5.54 Å². The van der Waals surface area contributed by atoms with Gasteiger partial charge in [-0.05, 0) is 37.5 Å². The first-order valence-electron chi connectivity index (χ1n) is 4.60. The summed E-state index contributed by atoms with van der Waals surface area (Å²) in [5.41, 5.74) is 6.69. The van der Waals surface area contributed by atoms with Gasteiger partial charge in [0.15, 0.2) is 0 Å². The summed E-state index contributed by atoms with van der Waals surface area (Å²) in [6.45, 7) is 9.15. The average Bonchev–Trinajstić information content (AvgIpc) is 1.49. The minimum absolute atomic E-state index is 0.0845. The number of hydrogen-bond donors (Lipinski definition) is 1. The van der Waals surface area contributed by atoms with Crippen LogP contribution in [0.4, 0.5) is 0 Å². The highest BCUT2D eigenvalue weighted by Crippen LogP contribution is 2.42. The summed E-state index contributed by atoms with van der Waals surface area (Å²) in [5.74, 6) is 0.800. The molecule has 0 bridgehead atoms. The topological polar surface area (TPSA) is 26.0 Å². The van der Waals surface area contributed by atoms with Crippen LogP contribution < -0.4 is 5.73 Å². The maximum Gasteiger partial charge on any atom is 0.0133 e. The maximum absolute atomic E-state index is 6.14. The van der Waals surface area contributed by atoms with E-state index < -0.39 is 0 Å². The van der Waals surface area contributed by atoms with Crippen LogP contribution in [0, 0.1) is 11.3 Å². The highest BCUT2D eigenvalue weighted by atomic mass is 14.7. The summed E-state index contributed by atoms with van der Waals surface area (Å²) in [6, 6.07) is 0. The molecule has 2 N–H and O–H groups in total. The first-order chi connectivity index (χ1) is 4.81. The average molecular weight is 155 g/mol. The summed E-state index contributed by atoms with van der Waals surface area (Å²) < 4.78 is 0. The zero-order chi connectivity index (χ0) is 8.70. The second-order valence-corrected chi connectivity index (χ2v) is 5.51. The molecule has 0 aliphatic heterocycles. The molecule has 1 saturated carbocycles. The molecule has 1 rings (SSSR count). The molecular weight excluding hydrogens is 134 g/mol. The molecule has 0 aromatic carbocycles. The Morgan fingerprint density at radius 2 is 1.73 bits per heavy atom. The van der Waals surface area contributed by atoms with Gasteiger partial charge in [0.25, 0.3) is 0 Å². The Bertz CT molecular complexity index is 131. The molecule has 2 atom stereocenters. The van der Waals surface area contributed by atoms with Gasteiger partial charge >= 0.3 is 0 Å². The lowest BCUT2D eigenvalue weighted by Gasteiger charge is -2.43. The molecule has 11 heavy (non-hydrogen) atoms. The molecule has 0 amide bonds. The second-order valence-electron chi connectivity index (χ2n) is 5.51. The SMILES string of the molecule is C[C@H]1CC(C)(C)C[C@](C)(N)C1. The molecule has 1 heteroatoms. The Morgan fingerprint density at radius 1 is 1.18 bits per heavy atom. The molecule has 1 aliphatic carbocycles. The van der Waals surface area contributed by atoms with E-state index in [2.05, 4.69) is 27.7 Å². The fraction of sp³-hybridized carbons (Fsp3) is 1.00. The third-order valence-electron chi connectivity index (χ3n) is 2.60. The molecule has 0 heterocycles. The molecule has 1 fully saturated rings. The molecule has 1 nitrogen and oxygen atoms in total. The summed E-state index contributed by atoms with van der Waals surface area (Å²) in [4.78, 5) is 0. The molecule has 66 valence electrons. The van der Waals surface area contributed by atoms with Crippen LogP contribution in [-0.2, 0) is 0 Å². The van der Waals surface area contributed by atoms with Crippen molar-refractivity contribution in [3.8, 4) is 0 Å². The van der Waals surface area contributed by atoms with E-state index in [-0.39, 0.29) is 5.54 Å². The van der Waals surface area contributed by atoms with Gasteiger partial charge in [0.05, 0.1) is 0 Å². The van der Waals surface area contributed by atoms with Gasteiger partial charge in [0.1, 0.15) is 0 Å². The van der Waals surface area contributed by atoms with Crippen LogP contribution in [0.1, 0.15) is 47.0 Å². The Morgan fingerprint density at radius 3 is 2.09 bits per heavy atom. The minimum Gasteiger partial charge on any atom is -0.325 e. The van der Waals surface area contributed by atoms with Gasteiger partial charge < -0.3 is 5.73 Å². The summed E-state index contributed by atoms with van der Waals surface area (Å²) in [5, 5.41) is 0. The summed E-state index contributed by atoms with van der Waals surface area (Å²) in [7, 11) is 0. The summed E-state index contributed by atoms with van der Waals surface area (Å²) >= 11 is 0. The molecule has 0 radical (unpaired) electrons. The highest BCUT2D eigenvalue weighted by molar-refractivity contribution is 4.93. The van der Waals surface area contributed by atoms with E-state index in [1.807, 2.05) is 0 Å². The van der Waals surface area contributed by atoms with Crippen LogP contribution in [0.15, 0.2) is 0 Å². The smallest absolute Gasteiger partial charge is 0.0133 e. The molecule has 0 aromatic rings. The first kappa shape index (κ1) is 9.05. The van der Waals surface area contributed by atoms with E-state index in [9.17, 15) is 0 Å². The van der Waals surface area contributed by atoms with E-state index in [1.54, 1.807) is 0 Å². The third-order valence-corrected chi connectivity index (χ3v) is 2.60. The molecule has 1 aliphatic rings. The quantitative estimate of drug-likeness (QED) is 0.571. The van der Waals surface area contributed by atoms with Crippen molar-refractivity contribution in [3.63, 3.8) is 0 Å². The van der Waals surface area contributed by atoms with Gasteiger partial charge in [-0.1, -0.05) is 20.8 Å². The highest BCUT2D eigenvalue weighted by Gasteiger charge is 2.36. The van der Waals surface area contributed by atoms with Crippen molar-refractivity contribution in [1.82, 2.24) is 0 Å². The van der Waals surface area contributed by atoms with Crippen molar-refractivity contribution in [2.75, 3.05) is 0 Å². The lowest BCUT2D eigenvalue weighted by Crippen LogP contribution is -2.46. The molecule has 0 spiro atoms. The molecular formula is C10H21N. The Kier molecular flexibility index (Phi) is 2.04. The van der Waals surface area contributed by atoms with Gasteiger partial charge in [-0.3, -0.25) is 0 Å². The number of rotatable bonds is 0. The van der Waals surface area contributed by atoms with Gasteiger partial charge in [-0.15, -0.1) is 0 Å². The third kappa shape index (κ3) is 2.48. The number of hydrogen-bond acceptors (Lipinski definition) is 1. The minimum atomic E-state index is 0.0845. The van der Waals surface area contributed by atoms with Crippen LogP contribution >= 0.6 is 0 Å². The van der Waals surface area contributed by atoms with Crippen molar-refractivity contribution < 1.29 is 0 Å². The lowest BCUT2D eigenvalue weighted by molar-refractivity contribution is 0.119. The van der Waals surface area contributed by atoms with E-state index >= 15 is 0 Å². The van der Waals surface area contributed by atoms with Crippen molar-refractivity contribution >= 4 is 0 Å². The first-order valence-corrected chi connectivity index (χ1v) is 4.60. The van der Waals surface area contributed by atoms with Crippen molar-refractivity contribution in [2.45, 2.75) is 52.5 Å². The normalized spacial score (nSPS) is 43.9. The molecule has 0 saturated heterocycles. The Labute approximate surface area is 70.4 Å². The zero-order valence-corrected chi connectivity index (χ0v) is 8.28. The number of nitrogens with two attached hydrogens (primary N) is 1. The van der Waals surface area contributed by atoms with Crippen molar-refractivity contribution in [3.05, 3.63) is 0 Å². The second kappa shape index (κ2) is 2.48. The van der Waals surface area contributed by atoms with E-state index in [1.165, 1.54) is 19.3 Å². The van der Waals surface area contributed by atoms with Crippen LogP contribution in [-0.4, -0.2) is 5.54 Å². The maximum atomic E-state index is 6.14. The van der Waals surface area contributed by atoms with Gasteiger partial charge in [0.2, 0.25) is 0 Å². The largest absolute Gasteiger partial charge is 0.325 e. The summed E-state index contributed by atoms with van der Waals surface area (Å²) in [6.07, 6.45) is 3.70. The predicted molar refractivity (Wildman–Crippen MR) is 49.4 cm³/mol.